The van der Waals surface area contributed by atoms with Crippen LogP contribution in [0.2, 0.25) is 0 Å². The number of nitrogens with zero attached hydrogens (tertiary/aromatic N) is 3. The van der Waals surface area contributed by atoms with Crippen molar-refractivity contribution in [3.05, 3.63) is 54.0 Å². The minimum Gasteiger partial charge on any atom is -0.455 e. The van der Waals surface area contributed by atoms with E-state index in [9.17, 15) is 0 Å². The summed E-state index contributed by atoms with van der Waals surface area (Å²) < 4.78 is 7.63. The molecule has 0 fully saturated rings. The molecule has 4 heteroatoms. The first-order valence-electron chi connectivity index (χ1n) is 6.71. The van der Waals surface area contributed by atoms with Gasteiger partial charge in [0.15, 0.2) is 5.65 Å². The number of hydrogen-bond donors (Lipinski definition) is 0. The number of rotatable bonds is 3. The highest BCUT2D eigenvalue weighted by molar-refractivity contribution is 5.43. The molecule has 0 aliphatic heterocycles. The van der Waals surface area contributed by atoms with Crippen LogP contribution in [0.4, 0.5) is 0 Å². The third kappa shape index (κ3) is 2.37. The fourth-order valence-electron chi connectivity index (χ4n) is 2.13. The summed E-state index contributed by atoms with van der Waals surface area (Å²) >= 11 is 0. The second-order valence-electron chi connectivity index (χ2n) is 5.21. The predicted molar refractivity (Wildman–Crippen MR) is 78.3 cm³/mol. The van der Waals surface area contributed by atoms with Crippen LogP contribution in [0.1, 0.15) is 30.9 Å². The van der Waals surface area contributed by atoms with Gasteiger partial charge in [0.25, 0.3) is 0 Å². The molecule has 3 aromatic rings. The fraction of sp³-hybridized carbons (Fsp3) is 0.250. The van der Waals surface area contributed by atoms with E-state index in [1.165, 1.54) is 11.9 Å². The van der Waals surface area contributed by atoms with Crippen LogP contribution in [0.5, 0.6) is 11.5 Å². The Morgan fingerprint density at radius 2 is 2.00 bits per heavy atom. The number of aromatic nitrogens is 3. The number of ether oxygens (including phenoxy) is 1. The number of aryl methyl sites for hydroxylation is 1. The Kier molecular flexibility index (Phi) is 3.14. The first-order valence-corrected chi connectivity index (χ1v) is 6.71. The summed E-state index contributed by atoms with van der Waals surface area (Å²) in [5.74, 6) is 2.14. The van der Waals surface area contributed by atoms with E-state index in [4.69, 9.17) is 4.74 Å². The van der Waals surface area contributed by atoms with E-state index in [1.54, 1.807) is 4.52 Å². The van der Waals surface area contributed by atoms with Crippen LogP contribution in [0.3, 0.4) is 0 Å². The van der Waals surface area contributed by atoms with Gasteiger partial charge in [0.1, 0.15) is 17.8 Å². The van der Waals surface area contributed by atoms with Gasteiger partial charge in [-0.05, 0) is 42.2 Å². The highest BCUT2D eigenvalue weighted by atomic mass is 16.5. The van der Waals surface area contributed by atoms with Crippen LogP contribution < -0.4 is 4.74 Å². The summed E-state index contributed by atoms with van der Waals surface area (Å²) in [6.07, 6.45) is 3.36. The molecular formula is C16H17N3O. The van der Waals surface area contributed by atoms with Gasteiger partial charge in [0, 0.05) is 0 Å². The average molecular weight is 267 g/mol. The Bertz CT molecular complexity index is 746. The molecule has 102 valence electrons. The lowest BCUT2D eigenvalue weighted by Crippen LogP contribution is -1.94. The Hall–Kier alpha value is -2.36. The Morgan fingerprint density at radius 3 is 2.75 bits per heavy atom. The van der Waals surface area contributed by atoms with E-state index in [-0.39, 0.29) is 0 Å². The van der Waals surface area contributed by atoms with Gasteiger partial charge in [-0.2, -0.15) is 5.10 Å². The Morgan fingerprint density at radius 1 is 1.15 bits per heavy atom. The van der Waals surface area contributed by atoms with Crippen molar-refractivity contribution in [3.63, 3.8) is 0 Å². The normalized spacial score (nSPS) is 11.2. The first-order chi connectivity index (χ1) is 9.63. The number of hydrogen-bond acceptors (Lipinski definition) is 3. The zero-order chi connectivity index (χ0) is 14.1. The second-order valence-corrected chi connectivity index (χ2v) is 5.21. The van der Waals surface area contributed by atoms with Gasteiger partial charge < -0.3 is 4.74 Å². The number of fused-ring (bicyclic) bond motifs is 1. The molecule has 20 heavy (non-hydrogen) atoms. The third-order valence-corrected chi connectivity index (χ3v) is 3.34. The SMILES string of the molecule is Cc1cc(C(C)C)ccc1Oc1ccc2ncnn2c1. The van der Waals surface area contributed by atoms with Crippen molar-refractivity contribution in [1.29, 1.82) is 0 Å². The summed E-state index contributed by atoms with van der Waals surface area (Å²) in [6, 6.07) is 10.1. The molecule has 0 saturated heterocycles. The quantitative estimate of drug-likeness (QED) is 0.721. The molecule has 3 rings (SSSR count). The standard InChI is InChI=1S/C16H17N3O/c1-11(2)13-4-6-15(12(3)8-13)20-14-5-7-16-17-10-18-19(16)9-14/h4-11H,1-3H3. The Balaban J connectivity index is 1.90. The molecule has 0 spiro atoms. The van der Waals surface area contributed by atoms with E-state index >= 15 is 0 Å². The molecule has 0 N–H and O–H groups in total. The molecule has 2 aromatic heterocycles. The summed E-state index contributed by atoms with van der Waals surface area (Å²) in [4.78, 5) is 4.11. The van der Waals surface area contributed by atoms with Gasteiger partial charge in [-0.25, -0.2) is 9.50 Å². The summed E-state index contributed by atoms with van der Waals surface area (Å²) in [6.45, 7) is 6.44. The van der Waals surface area contributed by atoms with Crippen molar-refractivity contribution in [2.75, 3.05) is 0 Å². The average Bonchev–Trinajstić information content (AvgIpc) is 2.88. The molecule has 0 aliphatic carbocycles. The Labute approximate surface area is 118 Å². The van der Waals surface area contributed by atoms with Gasteiger partial charge >= 0.3 is 0 Å². The van der Waals surface area contributed by atoms with Crippen LogP contribution in [0.15, 0.2) is 42.9 Å². The monoisotopic (exact) mass is 267 g/mol. The first kappa shape index (κ1) is 12.7. The maximum Gasteiger partial charge on any atom is 0.155 e. The highest BCUT2D eigenvalue weighted by Crippen LogP contribution is 2.27. The lowest BCUT2D eigenvalue weighted by atomic mass is 10.0. The molecule has 1 aromatic carbocycles. The molecule has 0 amide bonds. The zero-order valence-corrected chi connectivity index (χ0v) is 11.9. The summed E-state index contributed by atoms with van der Waals surface area (Å²) in [7, 11) is 0. The van der Waals surface area contributed by atoms with Gasteiger partial charge in [0.05, 0.1) is 6.20 Å². The van der Waals surface area contributed by atoms with Gasteiger partial charge in [-0.1, -0.05) is 26.0 Å². The van der Waals surface area contributed by atoms with Crippen molar-refractivity contribution in [2.45, 2.75) is 26.7 Å². The van der Waals surface area contributed by atoms with Crippen LogP contribution >= 0.6 is 0 Å². The zero-order valence-electron chi connectivity index (χ0n) is 11.9. The van der Waals surface area contributed by atoms with Crippen LogP contribution in [-0.2, 0) is 0 Å². The smallest absolute Gasteiger partial charge is 0.155 e. The van der Waals surface area contributed by atoms with Crippen molar-refractivity contribution < 1.29 is 4.74 Å². The van der Waals surface area contributed by atoms with Crippen LogP contribution in [0, 0.1) is 6.92 Å². The molecule has 0 atom stereocenters. The van der Waals surface area contributed by atoms with E-state index in [1.807, 2.05) is 24.4 Å². The van der Waals surface area contributed by atoms with Crippen LogP contribution in [0.25, 0.3) is 5.65 Å². The predicted octanol–water partition coefficient (Wildman–Crippen LogP) is 3.95. The second kappa shape index (κ2) is 4.96. The molecule has 2 heterocycles. The minimum absolute atomic E-state index is 0.522. The molecule has 0 saturated carbocycles. The van der Waals surface area contributed by atoms with E-state index in [2.05, 4.69) is 43.0 Å². The maximum absolute atomic E-state index is 5.93. The van der Waals surface area contributed by atoms with Crippen LogP contribution in [-0.4, -0.2) is 14.6 Å². The maximum atomic E-state index is 5.93. The van der Waals surface area contributed by atoms with E-state index in [0.717, 1.165) is 22.7 Å². The topological polar surface area (TPSA) is 39.4 Å². The van der Waals surface area contributed by atoms with Gasteiger partial charge in [-0.15, -0.1) is 0 Å². The highest BCUT2D eigenvalue weighted by Gasteiger charge is 2.06. The molecule has 4 nitrogen and oxygen atoms in total. The molecular weight excluding hydrogens is 250 g/mol. The minimum atomic E-state index is 0.522. The van der Waals surface area contributed by atoms with E-state index in [0.29, 0.717) is 5.92 Å². The van der Waals surface area contributed by atoms with Gasteiger partial charge in [-0.3, -0.25) is 0 Å². The van der Waals surface area contributed by atoms with Gasteiger partial charge in [0.2, 0.25) is 0 Å². The molecule has 0 aliphatic rings. The van der Waals surface area contributed by atoms with E-state index < -0.39 is 0 Å². The lowest BCUT2D eigenvalue weighted by molar-refractivity contribution is 0.474. The fourth-order valence-corrected chi connectivity index (χ4v) is 2.13. The molecule has 0 unspecified atom stereocenters. The molecule has 0 bridgehead atoms. The third-order valence-electron chi connectivity index (χ3n) is 3.34. The van der Waals surface area contributed by atoms with Crippen molar-refractivity contribution in [3.8, 4) is 11.5 Å². The lowest BCUT2D eigenvalue weighted by Gasteiger charge is -2.12. The molecule has 0 radical (unpaired) electrons. The summed E-state index contributed by atoms with van der Waals surface area (Å²) in [5, 5.41) is 4.11. The number of benzene rings is 1. The van der Waals surface area contributed by atoms with Crippen molar-refractivity contribution in [1.82, 2.24) is 14.6 Å². The number of pyridine rings is 1. The largest absolute Gasteiger partial charge is 0.455 e. The van der Waals surface area contributed by atoms with Crippen molar-refractivity contribution in [2.24, 2.45) is 0 Å². The summed E-state index contributed by atoms with van der Waals surface area (Å²) in [5.41, 5.74) is 3.26. The van der Waals surface area contributed by atoms with Crippen molar-refractivity contribution >= 4 is 5.65 Å².